The molecule has 0 aliphatic rings. The first-order chi connectivity index (χ1) is 11.3. The third kappa shape index (κ3) is 4.43. The fourth-order valence-electron chi connectivity index (χ4n) is 1.93. The van der Waals surface area contributed by atoms with Crippen molar-refractivity contribution in [2.24, 2.45) is 0 Å². The Kier molecular flexibility index (Phi) is 5.44. The molecule has 1 amide bonds. The maximum absolute atomic E-state index is 11.9. The molecular weight excluding hydrogens is 330 g/mol. The topological polar surface area (TPSA) is 64.1 Å². The van der Waals surface area contributed by atoms with Crippen molar-refractivity contribution in [3.63, 3.8) is 0 Å². The van der Waals surface area contributed by atoms with Crippen LogP contribution in [0, 0.1) is 0 Å². The van der Waals surface area contributed by atoms with Crippen LogP contribution in [0.2, 0.25) is 0 Å². The number of carbonyl (C=O) groups is 1. The van der Waals surface area contributed by atoms with E-state index in [1.807, 2.05) is 41.8 Å². The van der Waals surface area contributed by atoms with Crippen LogP contribution in [-0.2, 0) is 4.79 Å². The lowest BCUT2D eigenvalue weighted by Crippen LogP contribution is -2.29. The van der Waals surface area contributed by atoms with Crippen LogP contribution in [0.4, 0.5) is 0 Å². The molecule has 1 N–H and O–H groups in total. The molecule has 118 valence electrons. The molecular formula is C16H15N3O2S2. The van der Waals surface area contributed by atoms with E-state index in [9.17, 15) is 4.79 Å². The van der Waals surface area contributed by atoms with Gasteiger partial charge in [-0.05, 0) is 23.6 Å². The molecule has 1 aromatic carbocycles. The van der Waals surface area contributed by atoms with Crippen molar-refractivity contribution in [2.75, 3.05) is 18.9 Å². The number of thiophene rings is 1. The Labute approximate surface area is 142 Å². The molecule has 3 rings (SSSR count). The van der Waals surface area contributed by atoms with E-state index in [-0.39, 0.29) is 5.91 Å². The van der Waals surface area contributed by atoms with Crippen molar-refractivity contribution in [1.82, 2.24) is 15.3 Å². The molecule has 3 aromatic rings. The zero-order valence-corrected chi connectivity index (χ0v) is 13.9. The van der Waals surface area contributed by atoms with Crippen molar-refractivity contribution in [1.29, 1.82) is 0 Å². The number of hydrogen-bond acceptors (Lipinski definition) is 6. The van der Waals surface area contributed by atoms with Crippen LogP contribution in [0.15, 0.2) is 53.1 Å². The first-order valence-corrected chi connectivity index (χ1v) is 8.95. The summed E-state index contributed by atoms with van der Waals surface area (Å²) in [5.41, 5.74) is 0.921. The average molecular weight is 345 g/mol. The number of fused-ring (bicyclic) bond motifs is 1. The maximum atomic E-state index is 11.9. The highest BCUT2D eigenvalue weighted by atomic mass is 32.2. The van der Waals surface area contributed by atoms with Gasteiger partial charge in [-0.2, -0.15) is 0 Å². The van der Waals surface area contributed by atoms with Gasteiger partial charge < -0.3 is 10.1 Å². The van der Waals surface area contributed by atoms with Gasteiger partial charge in [0.05, 0.1) is 22.5 Å². The molecule has 23 heavy (non-hydrogen) atoms. The summed E-state index contributed by atoms with van der Waals surface area (Å²) in [5, 5.41) is 5.66. The fraction of sp³-hybridized carbons (Fsp3) is 0.188. The van der Waals surface area contributed by atoms with Gasteiger partial charge in [0.2, 0.25) is 5.91 Å². The van der Waals surface area contributed by atoms with Gasteiger partial charge >= 0.3 is 0 Å². The largest absolute Gasteiger partial charge is 0.492 e. The minimum absolute atomic E-state index is 0.0324. The number of aromatic nitrogens is 2. The highest BCUT2D eigenvalue weighted by molar-refractivity contribution is 8.00. The Morgan fingerprint density at radius 2 is 2.09 bits per heavy atom. The molecule has 0 saturated heterocycles. The summed E-state index contributed by atoms with van der Waals surface area (Å²) < 4.78 is 6.55. The van der Waals surface area contributed by atoms with E-state index in [4.69, 9.17) is 4.74 Å². The molecule has 0 fully saturated rings. The highest BCUT2D eigenvalue weighted by Gasteiger charge is 2.08. The molecule has 0 bridgehead atoms. The minimum atomic E-state index is -0.0324. The van der Waals surface area contributed by atoms with E-state index in [1.165, 1.54) is 18.1 Å². The normalized spacial score (nSPS) is 10.6. The molecule has 7 heteroatoms. The summed E-state index contributed by atoms with van der Waals surface area (Å²) in [6, 6.07) is 11.5. The zero-order valence-electron chi connectivity index (χ0n) is 12.3. The summed E-state index contributed by atoms with van der Waals surface area (Å²) in [6.45, 7) is 0.926. The predicted octanol–water partition coefficient (Wildman–Crippen LogP) is 2.98. The molecule has 0 aliphatic heterocycles. The lowest BCUT2D eigenvalue weighted by Gasteiger charge is -2.07. The van der Waals surface area contributed by atoms with E-state index in [1.54, 1.807) is 11.3 Å². The number of nitrogens with one attached hydrogen (secondary N) is 1. The van der Waals surface area contributed by atoms with Crippen molar-refractivity contribution in [3.05, 3.63) is 48.1 Å². The molecule has 0 radical (unpaired) electrons. The molecule has 0 aliphatic carbocycles. The number of ether oxygens (including phenoxy) is 1. The number of nitrogens with zero attached hydrogens (tertiary/aromatic N) is 2. The van der Waals surface area contributed by atoms with E-state index < -0.39 is 0 Å². The third-order valence-corrected chi connectivity index (χ3v) is 5.02. The van der Waals surface area contributed by atoms with E-state index in [0.717, 1.165) is 21.0 Å². The second-order valence-electron chi connectivity index (χ2n) is 4.61. The lowest BCUT2D eigenvalue weighted by atomic mass is 10.3. The van der Waals surface area contributed by atoms with Crippen LogP contribution < -0.4 is 10.1 Å². The van der Waals surface area contributed by atoms with Crippen molar-refractivity contribution < 1.29 is 9.53 Å². The quantitative estimate of drug-likeness (QED) is 0.405. The molecule has 5 nitrogen and oxygen atoms in total. The summed E-state index contributed by atoms with van der Waals surface area (Å²) in [5.74, 6) is 1.10. The monoisotopic (exact) mass is 345 g/mol. The number of amides is 1. The van der Waals surface area contributed by atoms with Crippen molar-refractivity contribution in [2.45, 2.75) is 5.03 Å². The smallest absolute Gasteiger partial charge is 0.230 e. The average Bonchev–Trinajstić information content (AvgIpc) is 3.07. The predicted molar refractivity (Wildman–Crippen MR) is 93.1 cm³/mol. The van der Waals surface area contributed by atoms with Gasteiger partial charge in [0.1, 0.15) is 23.7 Å². The Morgan fingerprint density at radius 1 is 1.22 bits per heavy atom. The summed E-state index contributed by atoms with van der Waals surface area (Å²) in [7, 11) is 0. The first-order valence-electron chi connectivity index (χ1n) is 7.08. The van der Waals surface area contributed by atoms with Gasteiger partial charge in [0.15, 0.2) is 0 Å². The Bertz CT molecular complexity index is 777. The standard InChI is InChI=1S/C16H15N3O2S2/c20-14(17-7-8-21-12-4-2-1-3-5-12)10-23-16-15-13(6-9-22-15)18-11-19-16/h1-6,9,11H,7-8,10H2,(H,17,20). The minimum Gasteiger partial charge on any atom is -0.492 e. The second kappa shape index (κ2) is 7.94. The van der Waals surface area contributed by atoms with Gasteiger partial charge in [-0.25, -0.2) is 9.97 Å². The molecule has 0 saturated carbocycles. The summed E-state index contributed by atoms with van der Waals surface area (Å²) in [4.78, 5) is 20.3. The van der Waals surface area contributed by atoms with Crippen LogP contribution in [0.3, 0.4) is 0 Å². The highest BCUT2D eigenvalue weighted by Crippen LogP contribution is 2.28. The molecule has 2 aromatic heterocycles. The van der Waals surface area contributed by atoms with Crippen molar-refractivity contribution in [3.8, 4) is 5.75 Å². The maximum Gasteiger partial charge on any atom is 0.230 e. The van der Waals surface area contributed by atoms with Gasteiger partial charge in [0.25, 0.3) is 0 Å². The summed E-state index contributed by atoms with van der Waals surface area (Å²) >= 11 is 3.01. The Morgan fingerprint density at radius 3 is 2.96 bits per heavy atom. The zero-order chi connectivity index (χ0) is 15.9. The van der Waals surface area contributed by atoms with Crippen molar-refractivity contribution >= 4 is 39.2 Å². The van der Waals surface area contributed by atoms with Gasteiger partial charge in [-0.15, -0.1) is 11.3 Å². The third-order valence-electron chi connectivity index (χ3n) is 2.99. The van der Waals surface area contributed by atoms with Crippen LogP contribution in [0.1, 0.15) is 0 Å². The number of benzene rings is 1. The van der Waals surface area contributed by atoms with Crippen LogP contribution in [0.5, 0.6) is 5.75 Å². The van der Waals surface area contributed by atoms with E-state index in [2.05, 4.69) is 15.3 Å². The first kappa shape index (κ1) is 15.8. The molecule has 0 atom stereocenters. The van der Waals surface area contributed by atoms with Crippen LogP contribution in [0.25, 0.3) is 10.2 Å². The van der Waals surface area contributed by atoms with Crippen LogP contribution in [-0.4, -0.2) is 34.8 Å². The Hall–Kier alpha value is -2.12. The van der Waals surface area contributed by atoms with Gasteiger partial charge in [0, 0.05) is 0 Å². The van der Waals surface area contributed by atoms with E-state index in [0.29, 0.717) is 18.9 Å². The number of rotatable bonds is 7. The SMILES string of the molecule is O=C(CSc1ncnc2ccsc12)NCCOc1ccccc1. The second-order valence-corrected chi connectivity index (χ2v) is 6.49. The number of hydrogen-bond donors (Lipinski definition) is 1. The molecule has 0 unspecified atom stereocenters. The molecule has 2 heterocycles. The summed E-state index contributed by atoms with van der Waals surface area (Å²) in [6.07, 6.45) is 1.53. The number of thioether (sulfide) groups is 1. The molecule has 0 spiro atoms. The number of para-hydroxylation sites is 1. The van der Waals surface area contributed by atoms with Crippen LogP contribution >= 0.6 is 23.1 Å². The Balaban J connectivity index is 1.41. The lowest BCUT2D eigenvalue weighted by molar-refractivity contribution is -0.118. The number of carbonyl (C=O) groups excluding carboxylic acids is 1. The van der Waals surface area contributed by atoms with Gasteiger partial charge in [-0.3, -0.25) is 4.79 Å². The fourth-order valence-corrected chi connectivity index (χ4v) is 3.71. The van der Waals surface area contributed by atoms with E-state index >= 15 is 0 Å². The van der Waals surface area contributed by atoms with Gasteiger partial charge in [-0.1, -0.05) is 30.0 Å².